The summed E-state index contributed by atoms with van der Waals surface area (Å²) in [4.78, 5) is 25.1. The van der Waals surface area contributed by atoms with Gasteiger partial charge in [0.1, 0.15) is 12.4 Å². The van der Waals surface area contributed by atoms with Crippen LogP contribution in [0.15, 0.2) is 22.9 Å². The van der Waals surface area contributed by atoms with Gasteiger partial charge in [-0.1, -0.05) is 6.08 Å². The number of amides is 1. The summed E-state index contributed by atoms with van der Waals surface area (Å²) in [6, 6.07) is -0.166. The number of carbonyl (C=O) groups excluding carboxylic acids is 1. The normalized spacial score (nSPS) is 33.0. The lowest BCUT2D eigenvalue weighted by molar-refractivity contribution is -0.142. The van der Waals surface area contributed by atoms with E-state index in [1.165, 1.54) is 4.90 Å². The number of carboxylic acids is 1. The molecule has 6 heteroatoms. The molecule has 0 aromatic carbocycles. The van der Waals surface area contributed by atoms with E-state index in [0.29, 0.717) is 17.6 Å². The summed E-state index contributed by atoms with van der Waals surface area (Å²) in [5.74, 6) is -1.33. The predicted molar refractivity (Wildman–Crippen MR) is 72.1 cm³/mol. The third-order valence-corrected chi connectivity index (χ3v) is 4.60. The number of hydrogen-bond donors (Lipinski definition) is 1. The van der Waals surface area contributed by atoms with Crippen molar-refractivity contribution in [1.82, 2.24) is 4.90 Å². The molecular weight excluding hydrogens is 277 g/mol. The lowest BCUT2D eigenvalue weighted by atomic mass is 9.75. The van der Waals surface area contributed by atoms with Crippen LogP contribution in [0, 0.1) is 5.92 Å². The van der Waals surface area contributed by atoms with E-state index in [2.05, 4.69) is 0 Å². The Labute approximate surface area is 122 Å². The first kappa shape index (κ1) is 14.3. The number of hydrogen-bond acceptors (Lipinski definition) is 3. The Kier molecular flexibility index (Phi) is 3.57. The van der Waals surface area contributed by atoms with Gasteiger partial charge in [0.25, 0.3) is 5.91 Å². The van der Waals surface area contributed by atoms with E-state index in [0.717, 1.165) is 12.8 Å². The molecule has 1 saturated carbocycles. The van der Waals surface area contributed by atoms with E-state index in [1.54, 1.807) is 13.0 Å². The smallest absolute Gasteiger partial charge is 0.352 e. The number of β-lactam (4-membered cyclic amide) rings is 1. The predicted octanol–water partition coefficient (Wildman–Crippen LogP) is 1.65. The number of halogens is 1. The minimum Gasteiger partial charge on any atom is -0.477 e. The second kappa shape index (κ2) is 5.26. The number of aliphatic carboxylic acids is 1. The molecule has 0 aromatic rings. The molecule has 5 nitrogen and oxygen atoms in total. The van der Waals surface area contributed by atoms with Crippen molar-refractivity contribution in [2.24, 2.45) is 5.92 Å². The quantitative estimate of drug-likeness (QED) is 0.632. The van der Waals surface area contributed by atoms with Crippen LogP contribution in [0.1, 0.15) is 26.2 Å². The maximum absolute atomic E-state index is 12.4. The number of alkyl halides is 1. The molecule has 1 N–H and O–H groups in total. The second-order valence-electron chi connectivity index (χ2n) is 5.56. The van der Waals surface area contributed by atoms with E-state index in [1.807, 2.05) is 0 Å². The Balaban J connectivity index is 2.00. The van der Waals surface area contributed by atoms with Gasteiger partial charge in [0.15, 0.2) is 0 Å². The third kappa shape index (κ3) is 1.92. The van der Waals surface area contributed by atoms with Gasteiger partial charge in [-0.2, -0.15) is 0 Å². The molecule has 21 heavy (non-hydrogen) atoms. The van der Waals surface area contributed by atoms with E-state index in [-0.39, 0.29) is 36.3 Å². The molecule has 0 bridgehead atoms. The van der Waals surface area contributed by atoms with Crippen LogP contribution >= 0.6 is 0 Å². The minimum atomic E-state index is -1.10. The largest absolute Gasteiger partial charge is 0.477 e. The zero-order valence-electron chi connectivity index (χ0n) is 11.8. The monoisotopic (exact) mass is 295 g/mol. The molecule has 0 unspecified atom stereocenters. The fourth-order valence-electron chi connectivity index (χ4n) is 3.85. The molecule has 0 aromatic heterocycles. The Morgan fingerprint density at radius 1 is 1.52 bits per heavy atom. The number of nitrogens with zero attached hydrogens (tertiary/aromatic N) is 1. The fourth-order valence-corrected chi connectivity index (χ4v) is 3.85. The van der Waals surface area contributed by atoms with Crippen molar-refractivity contribution in [3.63, 3.8) is 0 Å². The number of fused-ring (bicyclic) bond motifs is 3. The molecule has 3 atom stereocenters. The van der Waals surface area contributed by atoms with Crippen LogP contribution in [0.4, 0.5) is 4.39 Å². The SMILES string of the molecule is C/C=C1/C(=O)N2C(C(=O)O)=C3[C@@H](OCCF)CCC[C@@H]3[C@H]12. The summed E-state index contributed by atoms with van der Waals surface area (Å²) in [7, 11) is 0. The highest BCUT2D eigenvalue weighted by atomic mass is 19.1. The second-order valence-corrected chi connectivity index (χ2v) is 5.56. The molecule has 0 radical (unpaired) electrons. The van der Waals surface area contributed by atoms with Crippen LogP contribution in [0.2, 0.25) is 0 Å². The Hall–Kier alpha value is -1.69. The maximum Gasteiger partial charge on any atom is 0.352 e. The fraction of sp³-hybridized carbons (Fsp3) is 0.600. The summed E-state index contributed by atoms with van der Waals surface area (Å²) in [6.07, 6.45) is 3.80. The van der Waals surface area contributed by atoms with E-state index in [4.69, 9.17) is 4.74 Å². The van der Waals surface area contributed by atoms with Gasteiger partial charge in [-0.15, -0.1) is 0 Å². The van der Waals surface area contributed by atoms with E-state index >= 15 is 0 Å². The average molecular weight is 295 g/mol. The van der Waals surface area contributed by atoms with Crippen molar-refractivity contribution >= 4 is 11.9 Å². The van der Waals surface area contributed by atoms with Gasteiger partial charge in [0.2, 0.25) is 0 Å². The van der Waals surface area contributed by atoms with Gasteiger partial charge < -0.3 is 9.84 Å². The van der Waals surface area contributed by atoms with E-state index in [9.17, 15) is 19.1 Å². The summed E-state index contributed by atoms with van der Waals surface area (Å²) >= 11 is 0. The number of allylic oxidation sites excluding steroid dienone is 1. The molecule has 1 saturated heterocycles. The number of ether oxygens (including phenoxy) is 1. The van der Waals surface area contributed by atoms with Crippen molar-refractivity contribution in [3.05, 3.63) is 22.9 Å². The molecule has 0 spiro atoms. The van der Waals surface area contributed by atoms with Crippen molar-refractivity contribution < 1.29 is 23.8 Å². The topological polar surface area (TPSA) is 66.8 Å². The molecule has 114 valence electrons. The van der Waals surface area contributed by atoms with E-state index < -0.39 is 12.6 Å². The highest BCUT2D eigenvalue weighted by molar-refractivity contribution is 6.09. The van der Waals surface area contributed by atoms with Crippen LogP contribution in [0.5, 0.6) is 0 Å². The van der Waals surface area contributed by atoms with Gasteiger partial charge >= 0.3 is 5.97 Å². The van der Waals surface area contributed by atoms with Gasteiger partial charge in [-0.05, 0) is 31.8 Å². The molecule has 2 aliphatic heterocycles. The molecule has 1 amide bonds. The van der Waals surface area contributed by atoms with Crippen molar-refractivity contribution in [2.45, 2.75) is 38.3 Å². The Bertz CT molecular complexity index is 554. The first-order valence-corrected chi connectivity index (χ1v) is 7.26. The first-order chi connectivity index (χ1) is 10.1. The average Bonchev–Trinajstić information content (AvgIpc) is 2.77. The highest BCUT2D eigenvalue weighted by Gasteiger charge is 2.58. The van der Waals surface area contributed by atoms with Gasteiger partial charge in [-0.3, -0.25) is 9.69 Å². The Morgan fingerprint density at radius 3 is 2.90 bits per heavy atom. The zero-order chi connectivity index (χ0) is 15.1. The molecule has 1 aliphatic carbocycles. The lowest BCUT2D eigenvalue weighted by Gasteiger charge is -2.42. The third-order valence-electron chi connectivity index (χ3n) is 4.60. The molecule has 2 heterocycles. The standard InChI is InChI=1S/C15H18FNO4/c1-2-8-12-9-4-3-5-10(21-7-6-16)11(9)13(15(19)20)17(12)14(8)18/h2,9-10,12H,3-7H2,1H3,(H,19,20)/b8-2+/t9-,10-,12-/m0/s1. The molecule has 2 fully saturated rings. The number of carboxylic acid groups (broad SMARTS) is 1. The van der Waals surface area contributed by atoms with Crippen molar-refractivity contribution in [1.29, 1.82) is 0 Å². The van der Waals surface area contributed by atoms with Crippen LogP contribution in [-0.2, 0) is 14.3 Å². The van der Waals surface area contributed by atoms with Gasteiger partial charge in [-0.25, -0.2) is 9.18 Å². The van der Waals surface area contributed by atoms with Crippen LogP contribution in [0.3, 0.4) is 0 Å². The molecule has 3 rings (SSSR count). The zero-order valence-corrected chi connectivity index (χ0v) is 11.8. The van der Waals surface area contributed by atoms with Crippen LogP contribution in [0.25, 0.3) is 0 Å². The van der Waals surface area contributed by atoms with Gasteiger partial charge in [0.05, 0.1) is 18.8 Å². The lowest BCUT2D eigenvalue weighted by Crippen LogP contribution is -2.54. The summed E-state index contributed by atoms with van der Waals surface area (Å²) in [6.45, 7) is 1.16. The number of carbonyl (C=O) groups is 2. The summed E-state index contributed by atoms with van der Waals surface area (Å²) < 4.78 is 17.9. The summed E-state index contributed by atoms with van der Waals surface area (Å²) in [5, 5.41) is 9.49. The molecular formula is C15H18FNO4. The maximum atomic E-state index is 12.4. The summed E-state index contributed by atoms with van der Waals surface area (Å²) in [5.41, 5.74) is 1.42. The van der Waals surface area contributed by atoms with Crippen LogP contribution in [-0.4, -0.2) is 47.3 Å². The highest BCUT2D eigenvalue weighted by Crippen LogP contribution is 2.51. The minimum absolute atomic E-state index is 0.00152. The van der Waals surface area contributed by atoms with Crippen molar-refractivity contribution in [3.8, 4) is 0 Å². The van der Waals surface area contributed by atoms with Gasteiger partial charge in [0, 0.05) is 11.5 Å². The van der Waals surface area contributed by atoms with Crippen molar-refractivity contribution in [2.75, 3.05) is 13.3 Å². The number of rotatable bonds is 4. The molecule has 3 aliphatic rings. The van der Waals surface area contributed by atoms with Crippen LogP contribution < -0.4 is 0 Å². The first-order valence-electron chi connectivity index (χ1n) is 7.26. The Morgan fingerprint density at radius 2 is 2.29 bits per heavy atom.